The molecule has 13 heteroatoms. The van der Waals surface area contributed by atoms with Crippen molar-refractivity contribution < 1.29 is 35.2 Å². The fourth-order valence-corrected chi connectivity index (χ4v) is 5.73. The molecule has 0 aliphatic carbocycles. The minimum absolute atomic E-state index is 0.123. The topological polar surface area (TPSA) is 96.1 Å². The predicted octanol–water partition coefficient (Wildman–Crippen LogP) is 6.54. The number of imidazole rings is 1. The summed E-state index contributed by atoms with van der Waals surface area (Å²) in [6.45, 7) is 5.76. The number of rotatable bonds is 8. The van der Waals surface area contributed by atoms with Crippen LogP contribution < -0.4 is 0 Å². The Balaban J connectivity index is 1.82. The number of hydrogen-bond acceptors (Lipinski definition) is 5. The van der Waals surface area contributed by atoms with E-state index in [2.05, 4.69) is 4.98 Å². The second kappa shape index (κ2) is 12.0. The van der Waals surface area contributed by atoms with Crippen LogP contribution in [-0.4, -0.2) is 45.8 Å². The zero-order valence-electron chi connectivity index (χ0n) is 24.3. The highest BCUT2D eigenvalue weighted by Gasteiger charge is 2.36. The van der Waals surface area contributed by atoms with Crippen molar-refractivity contribution in [1.29, 1.82) is 5.26 Å². The molecule has 0 N–H and O–H groups in total. The molecule has 0 fully saturated rings. The van der Waals surface area contributed by atoms with Crippen LogP contribution in [0.5, 0.6) is 0 Å². The van der Waals surface area contributed by atoms with E-state index in [1.165, 1.54) is 43.9 Å². The number of halogens is 5. The predicted molar refractivity (Wildman–Crippen MR) is 155 cm³/mol. The van der Waals surface area contributed by atoms with Crippen molar-refractivity contribution in [2.45, 2.75) is 51.1 Å². The van der Waals surface area contributed by atoms with Crippen LogP contribution in [-0.2, 0) is 27.2 Å². The fourth-order valence-electron chi connectivity index (χ4n) is 4.68. The van der Waals surface area contributed by atoms with Gasteiger partial charge in [-0.05, 0) is 81.8 Å². The highest BCUT2D eigenvalue weighted by atomic mass is 32.2. The third-order valence-corrected chi connectivity index (χ3v) is 9.87. The normalized spacial score (nSPS) is 13.1. The maximum atomic E-state index is 14.2. The lowest BCUT2D eigenvalue weighted by molar-refractivity contribution is -0.140. The van der Waals surface area contributed by atoms with Gasteiger partial charge in [0.2, 0.25) is 5.91 Å². The summed E-state index contributed by atoms with van der Waals surface area (Å²) in [5.41, 5.74) is -0.0616. The first-order valence-electron chi connectivity index (χ1n) is 13.5. The number of alkyl halides is 3. The van der Waals surface area contributed by atoms with Gasteiger partial charge in [0, 0.05) is 18.3 Å². The monoisotopic (exact) mass is 632 g/mol. The Morgan fingerprint density at radius 2 is 1.68 bits per heavy atom. The zero-order chi connectivity index (χ0) is 32.6. The summed E-state index contributed by atoms with van der Waals surface area (Å²) < 4.78 is 94.7. The van der Waals surface area contributed by atoms with Gasteiger partial charge >= 0.3 is 6.18 Å². The lowest BCUT2D eigenvalue weighted by Crippen LogP contribution is -2.41. The summed E-state index contributed by atoms with van der Waals surface area (Å²) in [6.07, 6.45) is -5.58. The number of nitriles is 1. The quantitative estimate of drug-likeness (QED) is 0.206. The van der Waals surface area contributed by atoms with Crippen LogP contribution in [0.3, 0.4) is 0 Å². The van der Waals surface area contributed by atoms with E-state index in [0.717, 1.165) is 6.07 Å². The second-order valence-corrected chi connectivity index (χ2v) is 14.1. The molecular formula is C31H29F5N4O3S. The van der Waals surface area contributed by atoms with Gasteiger partial charge < -0.3 is 4.90 Å². The minimum atomic E-state index is -4.99. The van der Waals surface area contributed by atoms with E-state index in [9.17, 15) is 40.4 Å². The van der Waals surface area contributed by atoms with Gasteiger partial charge in [0.1, 0.15) is 17.5 Å². The minimum Gasteiger partial charge on any atom is -0.331 e. The Hall–Kier alpha value is -4.31. The first-order valence-corrected chi connectivity index (χ1v) is 15.1. The number of aromatic nitrogens is 2. The van der Waals surface area contributed by atoms with E-state index in [-0.39, 0.29) is 23.4 Å². The van der Waals surface area contributed by atoms with Gasteiger partial charge in [0.15, 0.2) is 9.84 Å². The SMILES string of the molecule is C[C@H](c1nc2cc(F)ccc2n1-c1ccc(C#N)cc1)N(CCS(=O)(=O)C(C)(C)C)C(=O)Cc1ccc(F)c(C(F)(F)F)c1. The smallest absolute Gasteiger partial charge is 0.331 e. The average molecular weight is 633 g/mol. The summed E-state index contributed by atoms with van der Waals surface area (Å²) in [5.74, 6) is -3.03. The van der Waals surface area contributed by atoms with Gasteiger partial charge in [-0.15, -0.1) is 0 Å². The van der Waals surface area contributed by atoms with Crippen LogP contribution in [0.25, 0.3) is 16.7 Å². The molecule has 7 nitrogen and oxygen atoms in total. The van der Waals surface area contributed by atoms with Crippen molar-refractivity contribution in [2.75, 3.05) is 12.3 Å². The maximum absolute atomic E-state index is 14.2. The van der Waals surface area contributed by atoms with Crippen LogP contribution >= 0.6 is 0 Å². The third kappa shape index (κ3) is 6.75. The Bertz CT molecular complexity index is 1850. The fraction of sp³-hybridized carbons (Fsp3) is 0.323. The van der Waals surface area contributed by atoms with Crippen molar-refractivity contribution >= 4 is 26.8 Å². The van der Waals surface area contributed by atoms with Crippen LogP contribution in [0.2, 0.25) is 0 Å². The largest absolute Gasteiger partial charge is 0.419 e. The molecule has 0 unspecified atom stereocenters. The molecule has 1 amide bonds. The first kappa shape index (κ1) is 32.6. The van der Waals surface area contributed by atoms with E-state index in [1.54, 1.807) is 35.8 Å². The van der Waals surface area contributed by atoms with Gasteiger partial charge in [-0.1, -0.05) is 6.07 Å². The molecule has 4 rings (SSSR count). The number of fused-ring (bicyclic) bond motifs is 1. The molecule has 0 spiro atoms. The Morgan fingerprint density at radius 3 is 2.27 bits per heavy atom. The van der Waals surface area contributed by atoms with Crippen molar-refractivity contribution in [2.24, 2.45) is 0 Å². The number of sulfone groups is 1. The molecule has 0 aliphatic rings. The summed E-state index contributed by atoms with van der Waals surface area (Å²) in [6, 6.07) is 13.6. The number of benzene rings is 3. The number of nitrogens with zero attached hydrogens (tertiary/aromatic N) is 4. The molecule has 1 heterocycles. The van der Waals surface area contributed by atoms with Gasteiger partial charge in [0.25, 0.3) is 0 Å². The zero-order valence-corrected chi connectivity index (χ0v) is 25.1. The molecule has 0 aliphatic heterocycles. The van der Waals surface area contributed by atoms with E-state index in [1.807, 2.05) is 6.07 Å². The Labute approximate surface area is 251 Å². The van der Waals surface area contributed by atoms with Crippen molar-refractivity contribution in [3.8, 4) is 11.8 Å². The van der Waals surface area contributed by atoms with Crippen LogP contribution in [0.4, 0.5) is 22.0 Å². The lowest BCUT2D eigenvalue weighted by atomic mass is 10.1. The average Bonchev–Trinajstić information content (AvgIpc) is 3.31. The number of carbonyl (C=O) groups excluding carboxylic acids is 1. The second-order valence-electron chi connectivity index (χ2n) is 11.3. The van der Waals surface area contributed by atoms with E-state index in [0.29, 0.717) is 28.9 Å². The van der Waals surface area contributed by atoms with Gasteiger partial charge in [-0.2, -0.15) is 18.4 Å². The standard InChI is InChI=1S/C31H29F5N4O3S/c1-19(29-38-26-17-22(32)8-12-27(26)40(29)23-9-5-20(18-37)6-10-23)39(13-14-44(42,43)30(2,3)4)28(41)16-21-7-11-25(33)24(15-21)31(34,35)36/h5-12,15,17,19H,13-14,16H2,1-4H3/t19-/m1/s1. The molecule has 232 valence electrons. The molecule has 1 aromatic heterocycles. The van der Waals surface area contributed by atoms with Crippen molar-refractivity contribution in [1.82, 2.24) is 14.5 Å². The number of amides is 1. The van der Waals surface area contributed by atoms with Crippen molar-refractivity contribution in [3.63, 3.8) is 0 Å². The Kier molecular flexibility index (Phi) is 8.89. The van der Waals surface area contributed by atoms with E-state index in [4.69, 9.17) is 0 Å². The molecule has 0 saturated heterocycles. The lowest BCUT2D eigenvalue weighted by Gasteiger charge is -2.31. The van der Waals surface area contributed by atoms with Gasteiger partial charge in [-0.3, -0.25) is 9.36 Å². The molecule has 4 aromatic rings. The summed E-state index contributed by atoms with van der Waals surface area (Å²) in [4.78, 5) is 19.5. The molecular weight excluding hydrogens is 603 g/mol. The van der Waals surface area contributed by atoms with E-state index >= 15 is 0 Å². The molecule has 1 atom stereocenters. The molecule has 0 saturated carbocycles. The summed E-state index contributed by atoms with van der Waals surface area (Å²) in [5, 5.41) is 9.23. The van der Waals surface area contributed by atoms with Crippen molar-refractivity contribution in [3.05, 3.63) is 94.8 Å². The Morgan fingerprint density at radius 1 is 1.02 bits per heavy atom. The molecule has 44 heavy (non-hydrogen) atoms. The molecule has 3 aromatic carbocycles. The molecule has 0 bridgehead atoms. The highest BCUT2D eigenvalue weighted by molar-refractivity contribution is 7.92. The van der Waals surface area contributed by atoms with Crippen LogP contribution in [0, 0.1) is 23.0 Å². The molecule has 0 radical (unpaired) electrons. The van der Waals surface area contributed by atoms with Crippen LogP contribution in [0.15, 0.2) is 60.7 Å². The summed E-state index contributed by atoms with van der Waals surface area (Å²) >= 11 is 0. The number of hydrogen-bond donors (Lipinski definition) is 0. The summed E-state index contributed by atoms with van der Waals surface area (Å²) in [7, 11) is -3.75. The van der Waals surface area contributed by atoms with Crippen LogP contribution in [0.1, 0.15) is 56.3 Å². The van der Waals surface area contributed by atoms with Gasteiger partial charge in [-0.25, -0.2) is 22.2 Å². The number of carbonyl (C=O) groups is 1. The highest BCUT2D eigenvalue weighted by Crippen LogP contribution is 2.33. The third-order valence-electron chi connectivity index (χ3n) is 7.28. The van der Waals surface area contributed by atoms with E-state index < -0.39 is 62.1 Å². The first-order chi connectivity index (χ1) is 20.4. The maximum Gasteiger partial charge on any atom is 0.419 e. The van der Waals surface area contributed by atoms with Gasteiger partial charge in [0.05, 0.1) is 51.2 Å².